The number of hydrogen-bond acceptors (Lipinski definition) is 7. The van der Waals surface area contributed by atoms with Gasteiger partial charge < -0.3 is 0 Å². The monoisotopic (exact) mass is 528 g/mol. The molecule has 1 heterocycles. The van der Waals surface area contributed by atoms with Crippen LogP contribution in [0.2, 0.25) is 0 Å². The second-order valence-electron chi connectivity index (χ2n) is 8.30. The van der Waals surface area contributed by atoms with Gasteiger partial charge in [0.1, 0.15) is 0 Å². The fraction of sp³-hybridized carbons (Fsp3) is 0.208. The van der Waals surface area contributed by atoms with E-state index in [1.807, 2.05) is 6.92 Å². The minimum absolute atomic E-state index is 0.0398. The van der Waals surface area contributed by atoms with Gasteiger partial charge in [-0.3, -0.25) is 14.8 Å². The van der Waals surface area contributed by atoms with Gasteiger partial charge in [-0.2, -0.15) is 17.9 Å². The Labute approximate surface area is 209 Å². The number of nitro benzene ring substituents is 1. The van der Waals surface area contributed by atoms with Crippen LogP contribution in [0.15, 0.2) is 82.8 Å². The molecule has 4 rings (SSSR count). The molecule has 1 atom stereocenters. The van der Waals surface area contributed by atoms with Crippen LogP contribution in [0.4, 0.5) is 11.4 Å². The topological polar surface area (TPSA) is 139 Å². The molecule has 3 aromatic rings. The molecule has 0 aromatic heterocycles. The normalized spacial score (nSPS) is 16.0. The van der Waals surface area contributed by atoms with Gasteiger partial charge in [0, 0.05) is 24.2 Å². The van der Waals surface area contributed by atoms with Crippen LogP contribution in [0.1, 0.15) is 36.1 Å². The molecule has 0 unspecified atom stereocenters. The zero-order valence-corrected chi connectivity index (χ0v) is 21.2. The first kappa shape index (κ1) is 25.3. The summed E-state index contributed by atoms with van der Waals surface area (Å²) in [6.45, 7) is 3.36. The number of nitrogens with zero attached hydrogens (tertiary/aromatic N) is 3. The first-order valence-corrected chi connectivity index (χ1v) is 14.1. The van der Waals surface area contributed by atoms with Crippen LogP contribution < -0.4 is 4.72 Å². The fourth-order valence-corrected chi connectivity index (χ4v) is 5.87. The van der Waals surface area contributed by atoms with Crippen LogP contribution >= 0.6 is 0 Å². The molecular formula is C24H24N4O6S2. The summed E-state index contributed by atoms with van der Waals surface area (Å²) in [6, 6.07) is 17.8. The second-order valence-corrected chi connectivity index (χ2v) is 12.1. The van der Waals surface area contributed by atoms with Crippen molar-refractivity contribution in [1.29, 1.82) is 0 Å². The number of hydrogen-bond donors (Lipinski definition) is 1. The van der Waals surface area contributed by atoms with E-state index in [1.165, 1.54) is 37.3 Å². The number of sulfonamides is 2. The molecule has 0 radical (unpaired) electrons. The smallest absolute Gasteiger partial charge is 0.279 e. The van der Waals surface area contributed by atoms with E-state index < -0.39 is 31.0 Å². The van der Waals surface area contributed by atoms with Crippen LogP contribution in [0, 0.1) is 17.0 Å². The molecule has 1 aliphatic heterocycles. The lowest BCUT2D eigenvalue weighted by Gasteiger charge is -2.23. The van der Waals surface area contributed by atoms with Crippen LogP contribution in [-0.4, -0.2) is 37.6 Å². The Balaban J connectivity index is 1.79. The van der Waals surface area contributed by atoms with Crippen LogP contribution in [0.5, 0.6) is 0 Å². The van der Waals surface area contributed by atoms with Crippen molar-refractivity contribution >= 4 is 37.1 Å². The largest absolute Gasteiger partial charge is 0.284 e. The van der Waals surface area contributed by atoms with E-state index in [1.54, 1.807) is 42.5 Å². The molecule has 1 aliphatic rings. The summed E-state index contributed by atoms with van der Waals surface area (Å²) < 4.78 is 54.7. The number of aryl methyl sites for hydroxylation is 1. The summed E-state index contributed by atoms with van der Waals surface area (Å²) >= 11 is 0. The standard InChI is InChI=1S/C24H24N4O6S2/c1-3-35(31,32)26-20-8-4-6-18(14-20)23-16-24(19-7-5-9-21(15-19)28(29)30)27(25-23)36(33,34)22-12-10-17(2)11-13-22/h4-15,24,26H,3,16H2,1-2H3/t24-/m1/s1. The summed E-state index contributed by atoms with van der Waals surface area (Å²) in [5.74, 6) is -0.102. The van der Waals surface area contributed by atoms with E-state index in [-0.39, 0.29) is 22.8 Å². The molecule has 0 fully saturated rings. The minimum atomic E-state index is -4.11. The van der Waals surface area contributed by atoms with E-state index in [4.69, 9.17) is 0 Å². The zero-order valence-electron chi connectivity index (χ0n) is 19.5. The van der Waals surface area contributed by atoms with Crippen molar-refractivity contribution in [3.8, 4) is 0 Å². The summed E-state index contributed by atoms with van der Waals surface area (Å²) in [7, 11) is -7.62. The fourth-order valence-electron chi connectivity index (χ4n) is 3.81. The maximum absolute atomic E-state index is 13.6. The number of non-ortho nitro benzene ring substituents is 1. The number of nitro groups is 1. The number of hydrazone groups is 1. The number of anilines is 1. The van der Waals surface area contributed by atoms with E-state index in [9.17, 15) is 26.9 Å². The van der Waals surface area contributed by atoms with Gasteiger partial charge in [0.15, 0.2) is 0 Å². The highest BCUT2D eigenvalue weighted by Gasteiger charge is 2.38. The molecule has 0 spiro atoms. The third kappa shape index (κ3) is 5.24. The molecule has 188 valence electrons. The molecule has 1 N–H and O–H groups in total. The summed E-state index contributed by atoms with van der Waals surface area (Å²) in [4.78, 5) is 10.9. The predicted molar refractivity (Wildman–Crippen MR) is 137 cm³/mol. The highest BCUT2D eigenvalue weighted by Crippen LogP contribution is 2.38. The molecule has 0 saturated heterocycles. The van der Waals surface area contributed by atoms with E-state index in [2.05, 4.69) is 9.82 Å². The van der Waals surface area contributed by atoms with Gasteiger partial charge in [0.05, 0.1) is 27.3 Å². The molecule has 0 bridgehead atoms. The minimum Gasteiger partial charge on any atom is -0.284 e. The Morgan fingerprint density at radius 1 is 1.03 bits per heavy atom. The molecule has 0 aliphatic carbocycles. The lowest BCUT2D eigenvalue weighted by atomic mass is 9.98. The van der Waals surface area contributed by atoms with Crippen molar-refractivity contribution < 1.29 is 21.8 Å². The molecular weight excluding hydrogens is 504 g/mol. The van der Waals surface area contributed by atoms with Crippen LogP contribution in [-0.2, 0) is 20.0 Å². The molecule has 12 heteroatoms. The summed E-state index contributed by atoms with van der Waals surface area (Å²) in [5, 5.41) is 15.8. The van der Waals surface area contributed by atoms with Gasteiger partial charge in [-0.1, -0.05) is 42.0 Å². The van der Waals surface area contributed by atoms with Crippen molar-refractivity contribution in [2.45, 2.75) is 31.2 Å². The average Bonchev–Trinajstić information content (AvgIpc) is 3.31. The van der Waals surface area contributed by atoms with Crippen LogP contribution in [0.25, 0.3) is 0 Å². The Kier molecular flexibility index (Phi) is 6.83. The predicted octanol–water partition coefficient (Wildman–Crippen LogP) is 4.20. The first-order chi connectivity index (χ1) is 17.0. The van der Waals surface area contributed by atoms with E-state index in [0.717, 1.165) is 9.98 Å². The number of nitrogens with one attached hydrogen (secondary N) is 1. The summed E-state index contributed by atoms with van der Waals surface area (Å²) in [5.41, 5.74) is 2.40. The van der Waals surface area contributed by atoms with Gasteiger partial charge in [-0.15, -0.1) is 0 Å². The number of rotatable bonds is 8. The lowest BCUT2D eigenvalue weighted by Crippen LogP contribution is -2.27. The average molecular weight is 529 g/mol. The highest BCUT2D eigenvalue weighted by atomic mass is 32.2. The number of benzene rings is 3. The Morgan fingerprint density at radius 2 is 1.72 bits per heavy atom. The van der Waals surface area contributed by atoms with Crippen molar-refractivity contribution in [3.63, 3.8) is 0 Å². The molecule has 0 amide bonds. The zero-order chi connectivity index (χ0) is 26.1. The van der Waals surface area contributed by atoms with Crippen LogP contribution in [0.3, 0.4) is 0 Å². The molecule has 36 heavy (non-hydrogen) atoms. The Bertz CT molecular complexity index is 1550. The second kappa shape index (κ2) is 9.70. The third-order valence-electron chi connectivity index (χ3n) is 5.75. The first-order valence-electron chi connectivity index (χ1n) is 11.0. The van der Waals surface area contributed by atoms with Gasteiger partial charge in [0.25, 0.3) is 15.7 Å². The Hall–Kier alpha value is -3.77. The van der Waals surface area contributed by atoms with E-state index >= 15 is 0 Å². The van der Waals surface area contributed by atoms with Gasteiger partial charge in [-0.25, -0.2) is 8.42 Å². The van der Waals surface area contributed by atoms with Crippen molar-refractivity contribution in [2.75, 3.05) is 10.5 Å². The molecule has 3 aromatic carbocycles. The van der Waals surface area contributed by atoms with Crippen molar-refractivity contribution in [2.24, 2.45) is 5.10 Å². The quantitative estimate of drug-likeness (QED) is 0.343. The summed E-state index contributed by atoms with van der Waals surface area (Å²) in [6.07, 6.45) is 0.135. The maximum atomic E-state index is 13.6. The van der Waals surface area contributed by atoms with Crippen molar-refractivity contribution in [3.05, 3.63) is 99.6 Å². The van der Waals surface area contributed by atoms with Gasteiger partial charge in [-0.05, 0) is 49.2 Å². The van der Waals surface area contributed by atoms with Gasteiger partial charge >= 0.3 is 0 Å². The molecule has 10 nitrogen and oxygen atoms in total. The van der Waals surface area contributed by atoms with Gasteiger partial charge in [0.2, 0.25) is 10.0 Å². The lowest BCUT2D eigenvalue weighted by molar-refractivity contribution is -0.384. The third-order valence-corrected chi connectivity index (χ3v) is 8.76. The maximum Gasteiger partial charge on any atom is 0.279 e. The molecule has 0 saturated carbocycles. The Morgan fingerprint density at radius 3 is 2.39 bits per heavy atom. The van der Waals surface area contributed by atoms with Crippen molar-refractivity contribution in [1.82, 2.24) is 4.41 Å². The van der Waals surface area contributed by atoms with E-state index in [0.29, 0.717) is 22.5 Å². The highest BCUT2D eigenvalue weighted by molar-refractivity contribution is 7.92. The SMILES string of the molecule is CCS(=O)(=O)Nc1cccc(C2=NN(S(=O)(=O)c3ccc(C)cc3)[C@@H](c3cccc([N+](=O)[O-])c3)C2)c1.